The molecule has 78 valence electrons. The van der Waals surface area contributed by atoms with Crippen LogP contribution in [0.25, 0.3) is 0 Å². The Labute approximate surface area is 84.9 Å². The van der Waals surface area contributed by atoms with Gasteiger partial charge in [-0.25, -0.2) is 0 Å². The number of hydrogen-bond donors (Lipinski definition) is 0. The van der Waals surface area contributed by atoms with E-state index in [9.17, 15) is 0 Å². The first-order chi connectivity index (χ1) is 6.56. The topological polar surface area (TPSA) is 34.0 Å². The second kappa shape index (κ2) is 3.26. The molecule has 1 aliphatic rings. The molecule has 0 atom stereocenters. The van der Waals surface area contributed by atoms with Gasteiger partial charge in [0.25, 0.3) is 0 Å². The summed E-state index contributed by atoms with van der Waals surface area (Å²) in [6.07, 6.45) is 3.02. The van der Waals surface area contributed by atoms with Crippen molar-refractivity contribution in [2.45, 2.75) is 33.7 Å². The molecule has 0 saturated carbocycles. The fourth-order valence-electron chi connectivity index (χ4n) is 1.91. The molecule has 14 heavy (non-hydrogen) atoms. The molecule has 1 aromatic heterocycles. The van der Waals surface area contributed by atoms with Gasteiger partial charge in [0.15, 0.2) is 0 Å². The maximum atomic E-state index is 4.16. The highest BCUT2D eigenvalue weighted by Crippen LogP contribution is 2.22. The Balaban J connectivity index is 2.16. The van der Waals surface area contributed by atoms with Gasteiger partial charge in [0, 0.05) is 19.6 Å². The Morgan fingerprint density at radius 1 is 1.36 bits per heavy atom. The predicted octanol–water partition coefficient (Wildman–Crippen LogP) is 1.53. The highest BCUT2D eigenvalue weighted by molar-refractivity contribution is 5.31. The first kappa shape index (κ1) is 9.49. The van der Waals surface area contributed by atoms with Crippen molar-refractivity contribution in [3.05, 3.63) is 6.33 Å². The molecule has 4 heteroatoms. The molecular weight excluding hydrogens is 176 g/mol. The summed E-state index contributed by atoms with van der Waals surface area (Å²) in [5.74, 6) is 1.03. The molecule has 2 rings (SSSR count). The molecular formula is C10H18N4. The van der Waals surface area contributed by atoms with Crippen molar-refractivity contribution in [3.8, 4) is 0 Å². The van der Waals surface area contributed by atoms with Crippen molar-refractivity contribution in [2.75, 3.05) is 18.0 Å². The molecule has 0 unspecified atom stereocenters. The van der Waals surface area contributed by atoms with Gasteiger partial charge in [0.2, 0.25) is 5.95 Å². The van der Waals surface area contributed by atoms with E-state index in [0.717, 1.165) is 25.6 Å². The summed E-state index contributed by atoms with van der Waals surface area (Å²) in [6, 6.07) is 0. The predicted molar refractivity (Wildman–Crippen MR) is 56.3 cm³/mol. The largest absolute Gasteiger partial charge is 0.340 e. The van der Waals surface area contributed by atoms with E-state index in [1.54, 1.807) is 0 Å². The van der Waals surface area contributed by atoms with E-state index in [-0.39, 0.29) is 0 Å². The lowest BCUT2D eigenvalue weighted by Gasteiger charge is -2.33. The lowest BCUT2D eigenvalue weighted by Crippen LogP contribution is -2.38. The Morgan fingerprint density at radius 2 is 2.14 bits per heavy atom. The van der Waals surface area contributed by atoms with Crippen LogP contribution in [0.2, 0.25) is 0 Å². The molecule has 0 aliphatic carbocycles. The Kier molecular flexibility index (Phi) is 2.21. The number of rotatable bonds is 1. The van der Waals surface area contributed by atoms with Gasteiger partial charge in [-0.05, 0) is 11.8 Å². The SMILES string of the molecule is CC(C)(C)CN1CCCn2cnnc21. The van der Waals surface area contributed by atoms with E-state index in [1.165, 1.54) is 6.42 Å². The molecule has 0 fully saturated rings. The first-order valence-corrected chi connectivity index (χ1v) is 5.19. The molecule has 0 amide bonds. The van der Waals surface area contributed by atoms with Crippen molar-refractivity contribution in [1.82, 2.24) is 14.8 Å². The summed E-state index contributed by atoms with van der Waals surface area (Å²) in [7, 11) is 0. The molecule has 0 radical (unpaired) electrons. The number of anilines is 1. The van der Waals surface area contributed by atoms with Crippen LogP contribution in [0.5, 0.6) is 0 Å². The van der Waals surface area contributed by atoms with Crippen molar-refractivity contribution < 1.29 is 0 Å². The first-order valence-electron chi connectivity index (χ1n) is 5.19. The second-order valence-electron chi connectivity index (χ2n) is 5.16. The summed E-state index contributed by atoms with van der Waals surface area (Å²) < 4.78 is 2.13. The quantitative estimate of drug-likeness (QED) is 0.680. The van der Waals surface area contributed by atoms with Crippen molar-refractivity contribution >= 4 is 5.95 Å². The standard InChI is InChI=1S/C10H18N4/c1-10(2,3)7-13-5-4-6-14-8-11-12-9(13)14/h8H,4-7H2,1-3H3. The van der Waals surface area contributed by atoms with Gasteiger partial charge in [0.1, 0.15) is 6.33 Å². The van der Waals surface area contributed by atoms with E-state index in [4.69, 9.17) is 0 Å². The minimum absolute atomic E-state index is 0.314. The number of fused-ring (bicyclic) bond motifs is 1. The van der Waals surface area contributed by atoms with Crippen molar-refractivity contribution in [3.63, 3.8) is 0 Å². The van der Waals surface area contributed by atoms with Gasteiger partial charge >= 0.3 is 0 Å². The minimum Gasteiger partial charge on any atom is -0.340 e. The second-order valence-corrected chi connectivity index (χ2v) is 5.16. The zero-order valence-corrected chi connectivity index (χ0v) is 9.19. The summed E-state index contributed by atoms with van der Waals surface area (Å²) in [4.78, 5) is 2.33. The molecule has 1 aromatic rings. The van der Waals surface area contributed by atoms with Crippen LogP contribution in [-0.2, 0) is 6.54 Å². The number of aryl methyl sites for hydroxylation is 1. The molecule has 0 saturated heterocycles. The van der Waals surface area contributed by atoms with Gasteiger partial charge < -0.3 is 4.90 Å². The van der Waals surface area contributed by atoms with E-state index in [1.807, 2.05) is 6.33 Å². The average Bonchev–Trinajstić information content (AvgIpc) is 2.49. The van der Waals surface area contributed by atoms with E-state index >= 15 is 0 Å². The van der Waals surface area contributed by atoms with Crippen LogP contribution < -0.4 is 4.90 Å². The number of nitrogens with zero attached hydrogens (tertiary/aromatic N) is 4. The van der Waals surface area contributed by atoms with Gasteiger partial charge in [-0.1, -0.05) is 20.8 Å². The van der Waals surface area contributed by atoms with Crippen LogP contribution in [0.4, 0.5) is 5.95 Å². The van der Waals surface area contributed by atoms with Gasteiger partial charge in [-0.2, -0.15) is 0 Å². The zero-order chi connectivity index (χ0) is 10.2. The highest BCUT2D eigenvalue weighted by atomic mass is 15.4. The number of aromatic nitrogens is 3. The number of hydrogen-bond acceptors (Lipinski definition) is 3. The molecule has 0 aromatic carbocycles. The zero-order valence-electron chi connectivity index (χ0n) is 9.19. The van der Waals surface area contributed by atoms with E-state index in [2.05, 4.69) is 40.4 Å². The fraction of sp³-hybridized carbons (Fsp3) is 0.800. The average molecular weight is 194 g/mol. The lowest BCUT2D eigenvalue weighted by molar-refractivity contribution is 0.391. The maximum absolute atomic E-state index is 4.16. The summed E-state index contributed by atoms with van der Waals surface area (Å²) in [6.45, 7) is 9.97. The van der Waals surface area contributed by atoms with Crippen LogP contribution in [0.1, 0.15) is 27.2 Å². The third-order valence-electron chi connectivity index (χ3n) is 2.37. The normalized spacial score (nSPS) is 16.9. The van der Waals surface area contributed by atoms with Crippen molar-refractivity contribution in [2.24, 2.45) is 5.41 Å². The molecule has 1 aliphatic heterocycles. The van der Waals surface area contributed by atoms with Crippen LogP contribution in [-0.4, -0.2) is 27.9 Å². The molecule has 0 bridgehead atoms. The van der Waals surface area contributed by atoms with Crippen molar-refractivity contribution in [1.29, 1.82) is 0 Å². The minimum atomic E-state index is 0.314. The monoisotopic (exact) mass is 194 g/mol. The van der Waals surface area contributed by atoms with E-state index < -0.39 is 0 Å². The molecule has 2 heterocycles. The fourth-order valence-corrected chi connectivity index (χ4v) is 1.91. The summed E-state index contributed by atoms with van der Waals surface area (Å²) in [5, 5.41) is 8.12. The third-order valence-corrected chi connectivity index (χ3v) is 2.37. The highest BCUT2D eigenvalue weighted by Gasteiger charge is 2.23. The van der Waals surface area contributed by atoms with Gasteiger partial charge in [0.05, 0.1) is 0 Å². The maximum Gasteiger partial charge on any atom is 0.227 e. The molecule has 0 spiro atoms. The van der Waals surface area contributed by atoms with Crippen LogP contribution in [0.15, 0.2) is 6.33 Å². The Hall–Kier alpha value is -1.06. The Morgan fingerprint density at radius 3 is 2.86 bits per heavy atom. The lowest BCUT2D eigenvalue weighted by atomic mass is 9.96. The smallest absolute Gasteiger partial charge is 0.227 e. The summed E-state index contributed by atoms with van der Waals surface area (Å²) in [5.41, 5.74) is 0.314. The van der Waals surface area contributed by atoms with Gasteiger partial charge in [-0.3, -0.25) is 4.57 Å². The van der Waals surface area contributed by atoms with Crippen LogP contribution in [0.3, 0.4) is 0 Å². The molecule has 4 nitrogen and oxygen atoms in total. The van der Waals surface area contributed by atoms with Gasteiger partial charge in [-0.15, -0.1) is 10.2 Å². The molecule has 0 N–H and O–H groups in total. The third kappa shape index (κ3) is 1.89. The van der Waals surface area contributed by atoms with Crippen LogP contribution >= 0.6 is 0 Å². The van der Waals surface area contributed by atoms with Crippen LogP contribution in [0, 0.1) is 5.41 Å². The Bertz CT molecular complexity index is 310. The summed E-state index contributed by atoms with van der Waals surface area (Å²) >= 11 is 0. The van der Waals surface area contributed by atoms with E-state index in [0.29, 0.717) is 5.41 Å².